The molecule has 1 N–H and O–H groups in total. The van der Waals surface area contributed by atoms with Crippen molar-refractivity contribution in [1.82, 2.24) is 15.1 Å². The molecule has 0 saturated carbocycles. The first-order valence-corrected chi connectivity index (χ1v) is 10.8. The largest absolute Gasteiger partial charge is 0.340 e. The Bertz CT molecular complexity index is 918. The van der Waals surface area contributed by atoms with Crippen LogP contribution >= 0.6 is 0 Å². The normalized spacial score (nSPS) is 26.4. The predicted octanol–water partition coefficient (Wildman–Crippen LogP) is 0.628. The average Bonchev–Trinajstić information content (AvgIpc) is 3.13. The number of imide groups is 1. The third kappa shape index (κ3) is 3.48. The van der Waals surface area contributed by atoms with E-state index in [0.29, 0.717) is 12.0 Å². The van der Waals surface area contributed by atoms with Crippen molar-refractivity contribution in [2.75, 3.05) is 25.1 Å². The van der Waals surface area contributed by atoms with Crippen molar-refractivity contribution >= 4 is 27.7 Å². The van der Waals surface area contributed by atoms with Gasteiger partial charge in [-0.1, -0.05) is 19.1 Å². The van der Waals surface area contributed by atoms with Crippen molar-refractivity contribution in [2.45, 2.75) is 31.3 Å². The van der Waals surface area contributed by atoms with E-state index >= 15 is 0 Å². The summed E-state index contributed by atoms with van der Waals surface area (Å²) in [5.41, 5.74) is -0.930. The van der Waals surface area contributed by atoms with Gasteiger partial charge in [-0.25, -0.2) is 17.6 Å². The third-order valence-corrected chi connectivity index (χ3v) is 7.24. The average molecular weight is 411 g/mol. The Labute approximate surface area is 162 Å². The zero-order valence-electron chi connectivity index (χ0n) is 15.6. The van der Waals surface area contributed by atoms with Gasteiger partial charge in [-0.05, 0) is 30.5 Å². The summed E-state index contributed by atoms with van der Waals surface area (Å²) in [7, 11) is -1.70. The van der Waals surface area contributed by atoms with Gasteiger partial charge < -0.3 is 10.2 Å². The summed E-state index contributed by atoms with van der Waals surface area (Å²) >= 11 is 0. The first-order chi connectivity index (χ1) is 13.1. The maximum Gasteiger partial charge on any atom is 0.325 e. The number of benzene rings is 1. The molecule has 2 atom stereocenters. The fourth-order valence-electron chi connectivity index (χ4n) is 3.67. The molecule has 1 aromatic carbocycles. The number of nitrogens with zero attached hydrogens (tertiary/aromatic N) is 2. The number of carbonyl (C=O) groups is 3. The van der Waals surface area contributed by atoms with Crippen LogP contribution in [0.25, 0.3) is 0 Å². The first kappa shape index (κ1) is 20.2. The minimum Gasteiger partial charge on any atom is -0.340 e. The second-order valence-corrected chi connectivity index (χ2v) is 9.38. The quantitative estimate of drug-likeness (QED) is 0.716. The maximum absolute atomic E-state index is 13.2. The van der Waals surface area contributed by atoms with Crippen LogP contribution in [-0.2, 0) is 25.0 Å². The van der Waals surface area contributed by atoms with Crippen molar-refractivity contribution in [3.8, 4) is 0 Å². The van der Waals surface area contributed by atoms with Gasteiger partial charge in [0.05, 0.1) is 11.5 Å². The highest BCUT2D eigenvalue weighted by Crippen LogP contribution is 2.32. The minimum atomic E-state index is -3.17. The molecule has 2 aliphatic heterocycles. The number of likely N-dealkylation sites (N-methyl/N-ethyl adjacent to an activating group) is 1. The number of halogens is 1. The summed E-state index contributed by atoms with van der Waals surface area (Å²) in [6.45, 7) is 1.23. The van der Waals surface area contributed by atoms with E-state index in [1.807, 2.05) is 0 Å². The molecule has 0 bridgehead atoms. The standard InChI is InChI=1S/C18H22FN3O5S/c1-3-18(12-4-6-13(19)7-5-12)16(24)22(17(25)20-18)10-15(23)21(2)14-8-9-28(26,27)11-14/h4-7,14H,3,8-11H2,1-2H3,(H,20,25)/t14-,18-/m1/s1. The molecule has 0 aromatic heterocycles. The van der Waals surface area contributed by atoms with Gasteiger partial charge in [0, 0.05) is 13.1 Å². The van der Waals surface area contributed by atoms with Gasteiger partial charge in [0.15, 0.2) is 9.84 Å². The van der Waals surface area contributed by atoms with Crippen LogP contribution in [0.15, 0.2) is 24.3 Å². The lowest BCUT2D eigenvalue weighted by Gasteiger charge is -2.27. The third-order valence-electron chi connectivity index (χ3n) is 5.49. The first-order valence-electron chi connectivity index (χ1n) is 8.96. The zero-order chi connectivity index (χ0) is 20.7. The van der Waals surface area contributed by atoms with Gasteiger partial charge in [0.1, 0.15) is 17.9 Å². The monoisotopic (exact) mass is 411 g/mol. The molecule has 0 spiro atoms. The fraction of sp³-hybridized carbons (Fsp3) is 0.500. The molecule has 152 valence electrons. The molecule has 10 heteroatoms. The molecule has 1 aromatic rings. The van der Waals surface area contributed by atoms with Gasteiger partial charge in [0.2, 0.25) is 5.91 Å². The molecule has 3 rings (SSSR count). The van der Waals surface area contributed by atoms with Crippen molar-refractivity contribution < 1.29 is 27.2 Å². The van der Waals surface area contributed by atoms with Crippen LogP contribution in [0.4, 0.5) is 9.18 Å². The van der Waals surface area contributed by atoms with Crippen molar-refractivity contribution in [1.29, 1.82) is 0 Å². The molecule has 2 saturated heterocycles. The molecule has 0 unspecified atom stereocenters. The summed E-state index contributed by atoms with van der Waals surface area (Å²) in [4.78, 5) is 40.1. The number of hydrogen-bond donors (Lipinski definition) is 1. The minimum absolute atomic E-state index is 0.0158. The molecular weight excluding hydrogens is 389 g/mol. The van der Waals surface area contributed by atoms with E-state index in [1.165, 1.54) is 36.2 Å². The van der Waals surface area contributed by atoms with Gasteiger partial charge in [-0.2, -0.15) is 0 Å². The Morgan fingerprint density at radius 2 is 1.96 bits per heavy atom. The Morgan fingerprint density at radius 3 is 2.50 bits per heavy atom. The summed E-state index contributed by atoms with van der Waals surface area (Å²) in [6.07, 6.45) is 0.559. The van der Waals surface area contributed by atoms with E-state index in [1.54, 1.807) is 6.92 Å². The predicted molar refractivity (Wildman–Crippen MR) is 98.4 cm³/mol. The Morgan fingerprint density at radius 1 is 1.32 bits per heavy atom. The van der Waals surface area contributed by atoms with Crippen molar-refractivity contribution in [3.05, 3.63) is 35.6 Å². The number of sulfone groups is 1. The second-order valence-electron chi connectivity index (χ2n) is 7.15. The smallest absolute Gasteiger partial charge is 0.325 e. The van der Waals surface area contributed by atoms with E-state index in [9.17, 15) is 27.2 Å². The van der Waals surface area contributed by atoms with Gasteiger partial charge in [-0.15, -0.1) is 0 Å². The Hall–Kier alpha value is -2.49. The SMILES string of the molecule is CC[C@]1(c2ccc(F)cc2)NC(=O)N(CC(=O)N(C)[C@@H]2CCS(=O)(=O)C2)C1=O. The Balaban J connectivity index is 1.78. The molecule has 2 aliphatic rings. The number of nitrogens with one attached hydrogen (secondary N) is 1. The molecule has 2 heterocycles. The van der Waals surface area contributed by atoms with Crippen LogP contribution < -0.4 is 5.32 Å². The number of hydrogen-bond acceptors (Lipinski definition) is 5. The highest BCUT2D eigenvalue weighted by Gasteiger charge is 2.52. The van der Waals surface area contributed by atoms with Gasteiger partial charge in [-0.3, -0.25) is 14.5 Å². The zero-order valence-corrected chi connectivity index (χ0v) is 16.5. The summed E-state index contributed by atoms with van der Waals surface area (Å²) in [6, 6.07) is 4.08. The second kappa shape index (κ2) is 7.16. The van der Waals surface area contributed by atoms with E-state index in [0.717, 1.165) is 4.90 Å². The maximum atomic E-state index is 13.2. The van der Waals surface area contributed by atoms with Crippen LogP contribution in [0.3, 0.4) is 0 Å². The lowest BCUT2D eigenvalue weighted by molar-refractivity contribution is -0.139. The molecule has 2 fully saturated rings. The molecule has 4 amide bonds. The summed E-state index contributed by atoms with van der Waals surface area (Å²) in [5, 5.41) is 2.63. The summed E-state index contributed by atoms with van der Waals surface area (Å²) < 4.78 is 36.5. The number of carbonyl (C=O) groups excluding carboxylic acids is 3. The highest BCUT2D eigenvalue weighted by molar-refractivity contribution is 7.91. The van der Waals surface area contributed by atoms with Crippen LogP contribution in [0.1, 0.15) is 25.3 Å². The molecule has 0 radical (unpaired) electrons. The molecule has 28 heavy (non-hydrogen) atoms. The van der Waals surface area contributed by atoms with Gasteiger partial charge in [0.25, 0.3) is 5.91 Å². The van der Waals surface area contributed by atoms with Crippen LogP contribution in [-0.4, -0.2) is 67.2 Å². The fourth-order valence-corrected chi connectivity index (χ4v) is 5.45. The van der Waals surface area contributed by atoms with Crippen LogP contribution in [0.5, 0.6) is 0 Å². The van der Waals surface area contributed by atoms with E-state index < -0.39 is 51.6 Å². The number of urea groups is 1. The lowest BCUT2D eigenvalue weighted by atomic mass is 9.87. The topological polar surface area (TPSA) is 104 Å². The van der Waals surface area contributed by atoms with Crippen molar-refractivity contribution in [2.24, 2.45) is 0 Å². The van der Waals surface area contributed by atoms with E-state index in [4.69, 9.17) is 0 Å². The van der Waals surface area contributed by atoms with Crippen LogP contribution in [0.2, 0.25) is 0 Å². The number of rotatable bonds is 5. The molecule has 8 nitrogen and oxygen atoms in total. The van der Waals surface area contributed by atoms with Crippen molar-refractivity contribution in [3.63, 3.8) is 0 Å². The van der Waals surface area contributed by atoms with Gasteiger partial charge >= 0.3 is 6.03 Å². The highest BCUT2D eigenvalue weighted by atomic mass is 32.2. The molecular formula is C18H22FN3O5S. The Kier molecular flexibility index (Phi) is 5.18. The summed E-state index contributed by atoms with van der Waals surface area (Å²) in [5.74, 6) is -1.68. The molecule has 0 aliphatic carbocycles. The number of amides is 4. The van der Waals surface area contributed by atoms with E-state index in [2.05, 4.69) is 5.32 Å². The van der Waals surface area contributed by atoms with Crippen LogP contribution in [0, 0.1) is 5.82 Å². The van der Waals surface area contributed by atoms with E-state index in [-0.39, 0.29) is 17.9 Å². The lowest BCUT2D eigenvalue weighted by Crippen LogP contribution is -2.47.